The van der Waals surface area contributed by atoms with Gasteiger partial charge < -0.3 is 9.64 Å². The zero-order chi connectivity index (χ0) is 14.8. The minimum absolute atomic E-state index is 0.00600. The first kappa shape index (κ1) is 15.6. The number of ether oxygens (including phenoxy) is 1. The van der Waals surface area contributed by atoms with Crippen LogP contribution in [-0.4, -0.2) is 61.6 Å². The van der Waals surface area contributed by atoms with Crippen molar-refractivity contribution in [1.82, 2.24) is 13.7 Å². The van der Waals surface area contributed by atoms with Crippen molar-refractivity contribution in [3.8, 4) is 0 Å². The highest BCUT2D eigenvalue weighted by Crippen LogP contribution is 2.24. The molecule has 0 amide bonds. The highest BCUT2D eigenvalue weighted by Gasteiger charge is 2.29. The first-order chi connectivity index (χ1) is 9.41. The largest absolute Gasteiger partial charge is 0.377 e. The standard InChI is InChI=1S/C11H20N4O3S2/c1-14(20(3,16)17)9-5-4-6-15(7-9)11-12-10(8-18-2)13-19-11/h9H,4-8H2,1-3H3. The summed E-state index contributed by atoms with van der Waals surface area (Å²) < 4.78 is 34.0. The number of hydrogen-bond donors (Lipinski definition) is 0. The molecule has 2 rings (SSSR count). The molecule has 1 aromatic heterocycles. The van der Waals surface area contributed by atoms with Gasteiger partial charge in [0, 0.05) is 44.8 Å². The maximum Gasteiger partial charge on any atom is 0.211 e. The summed E-state index contributed by atoms with van der Waals surface area (Å²) in [6.07, 6.45) is 3.07. The molecule has 0 bridgehead atoms. The van der Waals surface area contributed by atoms with Crippen LogP contribution in [0.3, 0.4) is 0 Å². The Morgan fingerprint density at radius 2 is 2.30 bits per heavy atom. The van der Waals surface area contributed by atoms with Crippen LogP contribution in [0, 0.1) is 0 Å². The quantitative estimate of drug-likeness (QED) is 0.788. The first-order valence-electron chi connectivity index (χ1n) is 6.41. The lowest BCUT2D eigenvalue weighted by atomic mass is 10.1. The number of hydrogen-bond acceptors (Lipinski definition) is 7. The molecule has 0 spiro atoms. The Balaban J connectivity index is 2.06. The smallest absolute Gasteiger partial charge is 0.211 e. The monoisotopic (exact) mass is 320 g/mol. The van der Waals surface area contributed by atoms with Gasteiger partial charge in [-0.15, -0.1) is 0 Å². The third-order valence-electron chi connectivity index (χ3n) is 3.44. The lowest BCUT2D eigenvalue weighted by Crippen LogP contribution is -2.48. The normalized spacial score (nSPS) is 20.6. The second-order valence-corrected chi connectivity index (χ2v) is 7.72. The van der Waals surface area contributed by atoms with Gasteiger partial charge in [0.25, 0.3) is 0 Å². The molecule has 1 aliphatic heterocycles. The number of nitrogens with zero attached hydrogens (tertiary/aromatic N) is 4. The van der Waals surface area contributed by atoms with Crippen molar-refractivity contribution in [3.05, 3.63) is 5.82 Å². The Kier molecular flexibility index (Phi) is 4.95. The lowest BCUT2D eigenvalue weighted by Gasteiger charge is -2.36. The fourth-order valence-corrected chi connectivity index (χ4v) is 3.68. The summed E-state index contributed by atoms with van der Waals surface area (Å²) in [6.45, 7) is 1.94. The average Bonchev–Trinajstić information content (AvgIpc) is 2.86. The van der Waals surface area contributed by atoms with E-state index in [1.54, 1.807) is 14.2 Å². The van der Waals surface area contributed by atoms with Crippen LogP contribution in [0.1, 0.15) is 18.7 Å². The molecule has 7 nitrogen and oxygen atoms in total. The van der Waals surface area contributed by atoms with Crippen molar-refractivity contribution in [2.24, 2.45) is 0 Å². The lowest BCUT2D eigenvalue weighted by molar-refractivity contribution is 0.179. The molecule has 1 aromatic rings. The molecule has 0 saturated carbocycles. The summed E-state index contributed by atoms with van der Waals surface area (Å²) in [4.78, 5) is 6.52. The predicted octanol–water partition coefficient (Wildman–Crippen LogP) is 0.545. The van der Waals surface area contributed by atoms with Gasteiger partial charge in [0.15, 0.2) is 5.82 Å². The van der Waals surface area contributed by atoms with E-state index in [9.17, 15) is 8.42 Å². The highest BCUT2D eigenvalue weighted by molar-refractivity contribution is 7.88. The molecule has 9 heteroatoms. The third-order valence-corrected chi connectivity index (χ3v) is 5.59. The molecule has 114 valence electrons. The van der Waals surface area contributed by atoms with Crippen molar-refractivity contribution in [3.63, 3.8) is 0 Å². The van der Waals surface area contributed by atoms with Gasteiger partial charge in [-0.1, -0.05) is 0 Å². The van der Waals surface area contributed by atoms with Gasteiger partial charge in [-0.25, -0.2) is 17.7 Å². The van der Waals surface area contributed by atoms with E-state index in [0.717, 1.165) is 24.5 Å². The summed E-state index contributed by atoms with van der Waals surface area (Å²) in [5.41, 5.74) is 0. The van der Waals surface area contributed by atoms with Crippen molar-refractivity contribution < 1.29 is 13.2 Å². The van der Waals surface area contributed by atoms with Crippen LogP contribution >= 0.6 is 11.5 Å². The van der Waals surface area contributed by atoms with Gasteiger partial charge in [0.05, 0.1) is 6.26 Å². The first-order valence-corrected chi connectivity index (χ1v) is 9.03. The number of piperidine rings is 1. The molecule has 2 heterocycles. The number of methoxy groups -OCH3 is 1. The summed E-state index contributed by atoms with van der Waals surface area (Å²) in [5.74, 6) is 0.672. The Hall–Kier alpha value is -0.770. The Morgan fingerprint density at radius 1 is 1.55 bits per heavy atom. The van der Waals surface area contributed by atoms with E-state index in [1.165, 1.54) is 22.1 Å². The molecule has 20 heavy (non-hydrogen) atoms. The zero-order valence-electron chi connectivity index (χ0n) is 11.9. The van der Waals surface area contributed by atoms with E-state index in [0.29, 0.717) is 19.0 Å². The molecule has 1 aliphatic rings. The Labute approximate surface area is 123 Å². The van der Waals surface area contributed by atoms with E-state index in [2.05, 4.69) is 14.3 Å². The van der Waals surface area contributed by atoms with Gasteiger partial charge in [-0.3, -0.25) is 0 Å². The van der Waals surface area contributed by atoms with Crippen LogP contribution in [0.5, 0.6) is 0 Å². The van der Waals surface area contributed by atoms with E-state index in [4.69, 9.17) is 4.74 Å². The number of sulfonamides is 1. The fourth-order valence-electron chi connectivity index (χ4n) is 2.26. The maximum absolute atomic E-state index is 11.6. The molecule has 0 radical (unpaired) electrons. The molecular weight excluding hydrogens is 300 g/mol. The van der Waals surface area contributed by atoms with Crippen molar-refractivity contribution in [1.29, 1.82) is 0 Å². The molecule has 1 unspecified atom stereocenters. The van der Waals surface area contributed by atoms with E-state index < -0.39 is 10.0 Å². The molecular formula is C11H20N4O3S2. The number of aromatic nitrogens is 2. The summed E-state index contributed by atoms with van der Waals surface area (Å²) in [5, 5.41) is 0.837. The Bertz CT molecular complexity index is 546. The van der Waals surface area contributed by atoms with E-state index >= 15 is 0 Å². The van der Waals surface area contributed by atoms with Gasteiger partial charge in [-0.2, -0.15) is 4.37 Å². The predicted molar refractivity (Wildman–Crippen MR) is 78.5 cm³/mol. The van der Waals surface area contributed by atoms with Crippen LogP contribution < -0.4 is 4.90 Å². The third kappa shape index (κ3) is 3.66. The average molecular weight is 320 g/mol. The van der Waals surface area contributed by atoms with Crippen molar-refractivity contribution >= 4 is 26.7 Å². The Morgan fingerprint density at radius 3 is 2.95 bits per heavy atom. The number of anilines is 1. The summed E-state index contributed by atoms with van der Waals surface area (Å²) in [7, 11) is 0.0912. The van der Waals surface area contributed by atoms with Crippen LogP contribution in [0.25, 0.3) is 0 Å². The van der Waals surface area contributed by atoms with Crippen LogP contribution in [0.2, 0.25) is 0 Å². The minimum Gasteiger partial charge on any atom is -0.377 e. The second kappa shape index (κ2) is 6.33. The summed E-state index contributed by atoms with van der Waals surface area (Å²) >= 11 is 1.33. The number of likely N-dealkylation sites (N-methyl/N-ethyl adjacent to an activating group) is 1. The molecule has 0 aromatic carbocycles. The second-order valence-electron chi connectivity index (χ2n) is 4.95. The van der Waals surface area contributed by atoms with Gasteiger partial charge >= 0.3 is 0 Å². The highest BCUT2D eigenvalue weighted by atomic mass is 32.2. The van der Waals surface area contributed by atoms with Crippen molar-refractivity contribution in [2.45, 2.75) is 25.5 Å². The van der Waals surface area contributed by atoms with Crippen LogP contribution in [0.4, 0.5) is 5.13 Å². The minimum atomic E-state index is -3.16. The van der Waals surface area contributed by atoms with Crippen LogP contribution in [-0.2, 0) is 21.4 Å². The SMILES string of the molecule is COCc1nsc(N2CCCC(N(C)S(C)(=O)=O)C2)n1. The molecule has 1 fully saturated rings. The molecule has 0 aliphatic carbocycles. The van der Waals surface area contributed by atoms with Gasteiger partial charge in [0.1, 0.15) is 6.61 Å². The van der Waals surface area contributed by atoms with Crippen LogP contribution in [0.15, 0.2) is 0 Å². The molecule has 1 atom stereocenters. The van der Waals surface area contributed by atoms with Gasteiger partial charge in [0.2, 0.25) is 15.2 Å². The molecule has 0 N–H and O–H groups in total. The zero-order valence-corrected chi connectivity index (χ0v) is 13.6. The fraction of sp³-hybridized carbons (Fsp3) is 0.818. The summed E-state index contributed by atoms with van der Waals surface area (Å²) in [6, 6.07) is -0.00600. The topological polar surface area (TPSA) is 75.6 Å². The van der Waals surface area contributed by atoms with E-state index in [-0.39, 0.29) is 6.04 Å². The van der Waals surface area contributed by atoms with Crippen molar-refractivity contribution in [2.75, 3.05) is 38.4 Å². The van der Waals surface area contributed by atoms with Gasteiger partial charge in [-0.05, 0) is 12.8 Å². The maximum atomic E-state index is 11.6. The van der Waals surface area contributed by atoms with E-state index in [1.807, 2.05) is 0 Å². The number of rotatable bonds is 5. The molecule has 1 saturated heterocycles.